The maximum atomic E-state index is 12.2. The van der Waals surface area contributed by atoms with Crippen molar-refractivity contribution in [3.8, 4) is 0 Å². The van der Waals surface area contributed by atoms with E-state index >= 15 is 0 Å². The van der Waals surface area contributed by atoms with Gasteiger partial charge < -0.3 is 10.6 Å². The Labute approximate surface area is 118 Å². The van der Waals surface area contributed by atoms with Gasteiger partial charge in [-0.3, -0.25) is 9.69 Å². The third kappa shape index (κ3) is 2.60. The Morgan fingerprint density at radius 3 is 3.00 bits per heavy atom. The SMILES string of the molecule is CCNc1ccc(C(=O)NC2CCN3CCCC23)nn1. The van der Waals surface area contributed by atoms with Gasteiger partial charge in [0, 0.05) is 25.2 Å². The maximum absolute atomic E-state index is 12.2. The molecule has 0 spiro atoms. The van der Waals surface area contributed by atoms with Crippen LogP contribution in [0.1, 0.15) is 36.7 Å². The van der Waals surface area contributed by atoms with Gasteiger partial charge in [0.1, 0.15) is 5.82 Å². The zero-order valence-corrected chi connectivity index (χ0v) is 11.8. The molecule has 1 aromatic rings. The molecule has 0 aliphatic carbocycles. The van der Waals surface area contributed by atoms with Crippen molar-refractivity contribution in [2.45, 2.75) is 38.3 Å². The standard InChI is InChI=1S/C14H21N5O/c1-2-15-13-6-5-11(17-18-13)14(20)16-10-7-9-19-8-3-4-12(10)19/h5-6,10,12H,2-4,7-9H2,1H3,(H,15,18)(H,16,20). The first-order chi connectivity index (χ1) is 9.78. The molecule has 0 aromatic carbocycles. The van der Waals surface area contributed by atoms with E-state index in [1.165, 1.54) is 19.4 Å². The quantitative estimate of drug-likeness (QED) is 0.853. The summed E-state index contributed by atoms with van der Waals surface area (Å²) in [5.41, 5.74) is 0.392. The topological polar surface area (TPSA) is 70.2 Å². The van der Waals surface area contributed by atoms with Crippen LogP contribution in [-0.4, -0.2) is 52.7 Å². The highest BCUT2D eigenvalue weighted by Gasteiger charge is 2.37. The predicted molar refractivity (Wildman–Crippen MR) is 76.7 cm³/mol. The van der Waals surface area contributed by atoms with Crippen LogP contribution in [0.5, 0.6) is 0 Å². The second-order valence-electron chi connectivity index (χ2n) is 5.45. The molecule has 6 nitrogen and oxygen atoms in total. The molecule has 2 aliphatic rings. The Morgan fingerprint density at radius 2 is 2.25 bits per heavy atom. The van der Waals surface area contributed by atoms with Crippen molar-refractivity contribution < 1.29 is 4.79 Å². The molecular formula is C14H21N5O. The van der Waals surface area contributed by atoms with Gasteiger partial charge in [-0.15, -0.1) is 10.2 Å². The van der Waals surface area contributed by atoms with Crippen LogP contribution < -0.4 is 10.6 Å². The molecule has 6 heteroatoms. The van der Waals surface area contributed by atoms with Gasteiger partial charge in [0.25, 0.3) is 5.91 Å². The van der Waals surface area contributed by atoms with Gasteiger partial charge in [0.05, 0.1) is 0 Å². The Balaban J connectivity index is 1.61. The highest BCUT2D eigenvalue weighted by Crippen LogP contribution is 2.27. The lowest BCUT2D eigenvalue weighted by atomic mass is 10.1. The molecule has 2 atom stereocenters. The maximum Gasteiger partial charge on any atom is 0.272 e. The fourth-order valence-corrected chi connectivity index (χ4v) is 3.22. The van der Waals surface area contributed by atoms with Crippen molar-refractivity contribution >= 4 is 11.7 Å². The summed E-state index contributed by atoms with van der Waals surface area (Å²) in [6.07, 6.45) is 3.48. The number of fused-ring (bicyclic) bond motifs is 1. The highest BCUT2D eigenvalue weighted by molar-refractivity contribution is 5.92. The number of carbonyl (C=O) groups excluding carboxylic acids is 1. The highest BCUT2D eigenvalue weighted by atomic mass is 16.2. The monoisotopic (exact) mass is 275 g/mol. The molecule has 2 fully saturated rings. The van der Waals surface area contributed by atoms with Crippen LogP contribution in [0.25, 0.3) is 0 Å². The van der Waals surface area contributed by atoms with Crippen molar-refractivity contribution in [2.24, 2.45) is 0 Å². The zero-order chi connectivity index (χ0) is 13.9. The van der Waals surface area contributed by atoms with Gasteiger partial charge in [0.15, 0.2) is 5.69 Å². The largest absolute Gasteiger partial charge is 0.369 e. The van der Waals surface area contributed by atoms with E-state index in [4.69, 9.17) is 0 Å². The normalized spacial score (nSPS) is 25.4. The van der Waals surface area contributed by atoms with Crippen molar-refractivity contribution in [1.29, 1.82) is 0 Å². The molecule has 0 radical (unpaired) electrons. The van der Waals surface area contributed by atoms with E-state index in [1.54, 1.807) is 12.1 Å². The molecule has 0 saturated carbocycles. The summed E-state index contributed by atoms with van der Waals surface area (Å²) in [6.45, 7) is 5.06. The molecule has 3 rings (SSSR count). The lowest BCUT2D eigenvalue weighted by Crippen LogP contribution is -2.42. The fraction of sp³-hybridized carbons (Fsp3) is 0.643. The summed E-state index contributed by atoms with van der Waals surface area (Å²) in [6, 6.07) is 4.30. The van der Waals surface area contributed by atoms with Crippen LogP contribution in [0.2, 0.25) is 0 Å². The number of hydrogen-bond acceptors (Lipinski definition) is 5. The molecule has 2 unspecified atom stereocenters. The number of carbonyl (C=O) groups is 1. The average Bonchev–Trinajstić information content (AvgIpc) is 3.05. The summed E-state index contributed by atoms with van der Waals surface area (Å²) in [7, 11) is 0. The third-order valence-corrected chi connectivity index (χ3v) is 4.18. The number of rotatable bonds is 4. The minimum absolute atomic E-state index is 0.112. The predicted octanol–water partition coefficient (Wildman–Crippen LogP) is 0.875. The zero-order valence-electron chi connectivity index (χ0n) is 11.8. The number of aromatic nitrogens is 2. The van der Waals surface area contributed by atoms with Crippen molar-refractivity contribution in [3.05, 3.63) is 17.8 Å². The summed E-state index contributed by atoms with van der Waals surface area (Å²) < 4.78 is 0. The molecule has 20 heavy (non-hydrogen) atoms. The summed E-state index contributed by atoms with van der Waals surface area (Å²) in [5, 5.41) is 14.2. The molecule has 108 valence electrons. The molecule has 2 N–H and O–H groups in total. The van der Waals surface area contributed by atoms with E-state index in [-0.39, 0.29) is 11.9 Å². The Morgan fingerprint density at radius 1 is 1.35 bits per heavy atom. The number of nitrogens with zero attached hydrogens (tertiary/aromatic N) is 3. The molecule has 3 heterocycles. The van der Waals surface area contributed by atoms with Gasteiger partial charge in [-0.05, 0) is 44.9 Å². The van der Waals surface area contributed by atoms with Crippen LogP contribution in [-0.2, 0) is 0 Å². The third-order valence-electron chi connectivity index (χ3n) is 4.18. The smallest absolute Gasteiger partial charge is 0.272 e. The van der Waals surface area contributed by atoms with E-state index in [2.05, 4.69) is 25.7 Å². The Kier molecular flexibility index (Phi) is 3.82. The van der Waals surface area contributed by atoms with Crippen LogP contribution in [0.4, 0.5) is 5.82 Å². The van der Waals surface area contributed by atoms with Gasteiger partial charge in [-0.25, -0.2) is 0 Å². The first kappa shape index (κ1) is 13.3. The van der Waals surface area contributed by atoms with Gasteiger partial charge in [0.2, 0.25) is 0 Å². The summed E-state index contributed by atoms with van der Waals surface area (Å²) >= 11 is 0. The molecule has 1 amide bonds. The number of nitrogens with one attached hydrogen (secondary N) is 2. The second kappa shape index (κ2) is 5.75. The fourth-order valence-electron chi connectivity index (χ4n) is 3.22. The van der Waals surface area contributed by atoms with E-state index < -0.39 is 0 Å². The van der Waals surface area contributed by atoms with Crippen molar-refractivity contribution in [2.75, 3.05) is 25.0 Å². The molecule has 2 aliphatic heterocycles. The minimum atomic E-state index is -0.112. The van der Waals surface area contributed by atoms with Crippen LogP contribution in [0, 0.1) is 0 Å². The lowest BCUT2D eigenvalue weighted by Gasteiger charge is -2.20. The lowest BCUT2D eigenvalue weighted by molar-refractivity contribution is 0.0923. The van der Waals surface area contributed by atoms with Gasteiger partial charge in [-0.2, -0.15) is 0 Å². The Hall–Kier alpha value is -1.69. The van der Waals surface area contributed by atoms with Crippen LogP contribution in [0.3, 0.4) is 0 Å². The Bertz CT molecular complexity index is 475. The number of amides is 1. The number of hydrogen-bond donors (Lipinski definition) is 2. The molecule has 1 aromatic heterocycles. The molecule has 2 saturated heterocycles. The summed E-state index contributed by atoms with van der Waals surface area (Å²) in [5.74, 6) is 0.589. The first-order valence-electron chi connectivity index (χ1n) is 7.40. The van der Waals surface area contributed by atoms with Crippen molar-refractivity contribution in [3.63, 3.8) is 0 Å². The molecule has 0 bridgehead atoms. The van der Waals surface area contributed by atoms with Crippen LogP contribution >= 0.6 is 0 Å². The average molecular weight is 275 g/mol. The second-order valence-corrected chi connectivity index (χ2v) is 5.45. The summed E-state index contributed by atoms with van der Waals surface area (Å²) in [4.78, 5) is 14.7. The van der Waals surface area contributed by atoms with E-state index in [0.717, 1.165) is 19.5 Å². The van der Waals surface area contributed by atoms with Crippen molar-refractivity contribution in [1.82, 2.24) is 20.4 Å². The van der Waals surface area contributed by atoms with Crippen LogP contribution in [0.15, 0.2) is 12.1 Å². The number of anilines is 1. The van der Waals surface area contributed by atoms with E-state index in [9.17, 15) is 4.79 Å². The molecular weight excluding hydrogens is 254 g/mol. The van der Waals surface area contributed by atoms with Gasteiger partial charge in [-0.1, -0.05) is 0 Å². The minimum Gasteiger partial charge on any atom is -0.369 e. The van der Waals surface area contributed by atoms with Gasteiger partial charge >= 0.3 is 0 Å². The van der Waals surface area contributed by atoms with E-state index in [0.29, 0.717) is 17.6 Å². The first-order valence-corrected chi connectivity index (χ1v) is 7.40. The van der Waals surface area contributed by atoms with E-state index in [1.807, 2.05) is 6.92 Å².